The lowest BCUT2D eigenvalue weighted by molar-refractivity contribution is 0.0819. The Morgan fingerprint density at radius 3 is 2.73 bits per heavy atom. The smallest absolute Gasteiger partial charge is 0.270 e. The highest BCUT2D eigenvalue weighted by atomic mass is 16.5. The number of nitrogens with zero attached hydrogens (tertiary/aromatic N) is 4. The minimum absolute atomic E-state index is 0.0614. The van der Waals surface area contributed by atoms with Crippen molar-refractivity contribution >= 4 is 22.5 Å². The summed E-state index contributed by atoms with van der Waals surface area (Å²) in [5.41, 5.74) is 2.22. The van der Waals surface area contributed by atoms with E-state index in [2.05, 4.69) is 14.7 Å². The van der Waals surface area contributed by atoms with Crippen molar-refractivity contribution in [2.45, 2.75) is 18.9 Å². The van der Waals surface area contributed by atoms with Crippen molar-refractivity contribution in [3.63, 3.8) is 0 Å². The van der Waals surface area contributed by atoms with Crippen LogP contribution in [0.3, 0.4) is 0 Å². The van der Waals surface area contributed by atoms with Crippen LogP contribution in [0.1, 0.15) is 12.8 Å². The third kappa shape index (κ3) is 2.44. The molecule has 0 aromatic carbocycles. The van der Waals surface area contributed by atoms with Gasteiger partial charge in [-0.15, -0.1) is 4.98 Å². The van der Waals surface area contributed by atoms with Crippen LogP contribution >= 0.6 is 0 Å². The van der Waals surface area contributed by atoms with E-state index in [9.17, 15) is 4.79 Å². The Hall–Kier alpha value is -2.39. The Morgan fingerprint density at radius 2 is 2.09 bits per heavy atom. The van der Waals surface area contributed by atoms with Gasteiger partial charge in [-0.3, -0.25) is 4.79 Å². The zero-order valence-corrected chi connectivity index (χ0v) is 12.7. The summed E-state index contributed by atoms with van der Waals surface area (Å²) in [4.78, 5) is 22.2. The lowest BCUT2D eigenvalue weighted by Gasteiger charge is -2.32. The van der Waals surface area contributed by atoms with Gasteiger partial charge in [-0.1, -0.05) is 6.57 Å². The molecule has 114 valence electrons. The summed E-state index contributed by atoms with van der Waals surface area (Å²) in [7, 11) is 3.46. The Bertz CT molecular complexity index is 798. The van der Waals surface area contributed by atoms with Crippen molar-refractivity contribution in [3.8, 4) is 0 Å². The van der Waals surface area contributed by atoms with E-state index < -0.39 is 0 Å². The monoisotopic (exact) mass is 298 g/mol. The quantitative estimate of drug-likeness (QED) is 0.797. The molecule has 1 saturated heterocycles. The van der Waals surface area contributed by atoms with Crippen LogP contribution in [0.2, 0.25) is 0 Å². The number of pyridine rings is 2. The highest BCUT2D eigenvalue weighted by Crippen LogP contribution is 2.28. The molecular formula is C16H18N4O2. The Morgan fingerprint density at radius 1 is 1.36 bits per heavy atom. The molecule has 2 aromatic heterocycles. The van der Waals surface area contributed by atoms with Gasteiger partial charge >= 0.3 is 0 Å². The van der Waals surface area contributed by atoms with Crippen molar-refractivity contribution in [1.82, 2.24) is 9.55 Å². The first-order valence-corrected chi connectivity index (χ1v) is 7.30. The van der Waals surface area contributed by atoms with Crippen molar-refractivity contribution in [1.29, 1.82) is 0 Å². The van der Waals surface area contributed by atoms with Crippen LogP contribution < -0.4 is 10.5 Å². The molecule has 1 fully saturated rings. The molecule has 6 nitrogen and oxygen atoms in total. The molecule has 6 heteroatoms. The van der Waals surface area contributed by atoms with Crippen LogP contribution in [-0.4, -0.2) is 35.9 Å². The number of piperidine rings is 1. The van der Waals surface area contributed by atoms with Gasteiger partial charge in [0.15, 0.2) is 0 Å². The van der Waals surface area contributed by atoms with E-state index in [0.29, 0.717) is 11.3 Å². The van der Waals surface area contributed by atoms with E-state index in [4.69, 9.17) is 11.3 Å². The third-order valence-electron chi connectivity index (χ3n) is 4.28. The van der Waals surface area contributed by atoms with Gasteiger partial charge in [-0.05, 0) is 25.0 Å². The second-order valence-corrected chi connectivity index (χ2v) is 5.50. The van der Waals surface area contributed by atoms with Crippen LogP contribution in [0.25, 0.3) is 15.9 Å². The Balaban J connectivity index is 2.11. The predicted octanol–water partition coefficient (Wildman–Crippen LogP) is 2.10. The van der Waals surface area contributed by atoms with Gasteiger partial charge in [-0.25, -0.2) is 0 Å². The van der Waals surface area contributed by atoms with E-state index in [1.807, 2.05) is 0 Å². The molecule has 0 N–H and O–H groups in total. The highest BCUT2D eigenvalue weighted by molar-refractivity contribution is 5.89. The molecule has 0 saturated carbocycles. The molecule has 0 radical (unpaired) electrons. The zero-order chi connectivity index (χ0) is 15.7. The van der Waals surface area contributed by atoms with Crippen molar-refractivity contribution in [2.75, 3.05) is 25.1 Å². The molecule has 2 aromatic rings. The molecule has 1 aliphatic heterocycles. The second kappa shape index (κ2) is 5.78. The number of hydrogen-bond donors (Lipinski definition) is 0. The molecule has 0 atom stereocenters. The van der Waals surface area contributed by atoms with Crippen LogP contribution in [0.15, 0.2) is 23.0 Å². The van der Waals surface area contributed by atoms with Crippen molar-refractivity contribution < 1.29 is 4.74 Å². The number of anilines is 1. The zero-order valence-electron chi connectivity index (χ0n) is 12.7. The standard InChI is InChI=1S/C16H18N4O2/c1-17-14-5-4-12-16(18-14)13(10-15(21)19(12)2)20-8-6-11(22-3)7-9-20/h4-5,10-11H,6-9H2,2-3H3. The fourth-order valence-electron chi connectivity index (χ4n) is 2.94. The molecule has 0 unspecified atom stereocenters. The summed E-state index contributed by atoms with van der Waals surface area (Å²) in [6.45, 7) is 8.79. The summed E-state index contributed by atoms with van der Waals surface area (Å²) in [6, 6.07) is 5.06. The Labute approximate surface area is 128 Å². The van der Waals surface area contributed by atoms with Crippen LogP contribution in [0.4, 0.5) is 11.5 Å². The van der Waals surface area contributed by atoms with E-state index in [1.54, 1.807) is 36.9 Å². The highest BCUT2D eigenvalue weighted by Gasteiger charge is 2.23. The molecule has 1 aliphatic rings. The van der Waals surface area contributed by atoms with Crippen LogP contribution in [-0.2, 0) is 11.8 Å². The van der Waals surface area contributed by atoms with Gasteiger partial charge in [-0.2, -0.15) is 0 Å². The third-order valence-corrected chi connectivity index (χ3v) is 4.28. The first-order chi connectivity index (χ1) is 10.6. The first kappa shape index (κ1) is 14.5. The summed E-state index contributed by atoms with van der Waals surface area (Å²) in [6.07, 6.45) is 2.13. The minimum atomic E-state index is -0.0614. The number of hydrogen-bond acceptors (Lipinski definition) is 4. The minimum Gasteiger partial charge on any atom is -0.381 e. The maximum Gasteiger partial charge on any atom is 0.270 e. The predicted molar refractivity (Wildman–Crippen MR) is 85.5 cm³/mol. The average Bonchev–Trinajstić information content (AvgIpc) is 2.57. The topological polar surface area (TPSA) is 51.7 Å². The van der Waals surface area contributed by atoms with E-state index >= 15 is 0 Å². The maximum atomic E-state index is 12.2. The molecular weight excluding hydrogens is 280 g/mol. The SMILES string of the molecule is [C-]#[N+]c1ccc2c(n1)c(N1CCC(OC)CC1)cc(=O)n2C. The number of rotatable bonds is 2. The normalized spacial score (nSPS) is 16.0. The van der Waals surface area contributed by atoms with Crippen LogP contribution in [0, 0.1) is 6.57 Å². The van der Waals surface area contributed by atoms with Crippen LogP contribution in [0.5, 0.6) is 0 Å². The average molecular weight is 298 g/mol. The summed E-state index contributed by atoms with van der Waals surface area (Å²) < 4.78 is 6.97. The first-order valence-electron chi connectivity index (χ1n) is 7.30. The lowest BCUT2D eigenvalue weighted by atomic mass is 10.1. The molecule has 0 amide bonds. The van der Waals surface area contributed by atoms with Gasteiger partial charge in [0.05, 0.1) is 17.3 Å². The van der Waals surface area contributed by atoms with E-state index in [1.165, 1.54) is 0 Å². The molecule has 0 spiro atoms. The lowest BCUT2D eigenvalue weighted by Crippen LogP contribution is -2.37. The fraction of sp³-hybridized carbons (Fsp3) is 0.438. The van der Waals surface area contributed by atoms with Gasteiger partial charge in [0.25, 0.3) is 11.4 Å². The summed E-state index contributed by atoms with van der Waals surface area (Å²) in [5, 5.41) is 0. The van der Waals surface area contributed by atoms with E-state index in [0.717, 1.165) is 37.1 Å². The van der Waals surface area contributed by atoms with Gasteiger partial charge in [0, 0.05) is 33.3 Å². The fourth-order valence-corrected chi connectivity index (χ4v) is 2.94. The van der Waals surface area contributed by atoms with Gasteiger partial charge in [0.2, 0.25) is 5.52 Å². The van der Waals surface area contributed by atoms with E-state index in [-0.39, 0.29) is 11.7 Å². The number of aryl methyl sites for hydroxylation is 1. The molecule has 0 bridgehead atoms. The molecule has 3 heterocycles. The van der Waals surface area contributed by atoms with Gasteiger partial charge < -0.3 is 19.0 Å². The maximum absolute atomic E-state index is 12.2. The largest absolute Gasteiger partial charge is 0.381 e. The second-order valence-electron chi connectivity index (χ2n) is 5.50. The van der Waals surface area contributed by atoms with Gasteiger partial charge in [0.1, 0.15) is 0 Å². The number of ether oxygens (including phenoxy) is 1. The molecule has 3 rings (SSSR count). The summed E-state index contributed by atoms with van der Waals surface area (Å²) in [5.74, 6) is 0.346. The number of aromatic nitrogens is 2. The number of methoxy groups -OCH3 is 1. The molecule has 22 heavy (non-hydrogen) atoms. The Kier molecular flexibility index (Phi) is 3.82. The molecule has 0 aliphatic carbocycles. The number of fused-ring (bicyclic) bond motifs is 1. The van der Waals surface area contributed by atoms with Crippen molar-refractivity contribution in [2.24, 2.45) is 7.05 Å². The van der Waals surface area contributed by atoms with Crippen molar-refractivity contribution in [3.05, 3.63) is 40.0 Å². The summed E-state index contributed by atoms with van der Waals surface area (Å²) >= 11 is 0.